The molecule has 2 nitrogen and oxygen atoms in total. The molecule has 0 bridgehead atoms. The Labute approximate surface area is 373 Å². The molecular formula is C58H44N2S2. The second-order valence-electron chi connectivity index (χ2n) is 16.9. The Morgan fingerprint density at radius 2 is 0.984 bits per heavy atom. The highest BCUT2D eigenvalue weighted by atomic mass is 32.2. The lowest BCUT2D eigenvalue weighted by atomic mass is 9.85. The number of benzene rings is 8. The van der Waals surface area contributed by atoms with Gasteiger partial charge in [0.2, 0.25) is 0 Å². The molecule has 12 rings (SSSR count). The fourth-order valence-electron chi connectivity index (χ4n) is 10.1. The maximum Gasteiger partial charge on any atom is 0.0601 e. The van der Waals surface area contributed by atoms with E-state index in [0.717, 1.165) is 25.7 Å². The smallest absolute Gasteiger partial charge is 0.0601 e. The molecule has 0 aromatic heterocycles. The summed E-state index contributed by atoms with van der Waals surface area (Å²) in [5.74, 6) is 0.431. The Morgan fingerprint density at radius 1 is 0.468 bits per heavy atom. The first-order chi connectivity index (χ1) is 30.6. The van der Waals surface area contributed by atoms with E-state index in [9.17, 15) is 0 Å². The number of hydrogen-bond donors (Lipinski definition) is 0. The van der Waals surface area contributed by atoms with Gasteiger partial charge >= 0.3 is 0 Å². The third-order valence-electron chi connectivity index (χ3n) is 13.1. The molecule has 0 fully saturated rings. The molecule has 0 atom stereocenters. The molecule has 4 heteroatoms. The first kappa shape index (κ1) is 37.3. The van der Waals surface area contributed by atoms with Crippen LogP contribution >= 0.6 is 23.5 Å². The van der Waals surface area contributed by atoms with E-state index in [-0.39, 0.29) is 0 Å². The average molecular weight is 833 g/mol. The monoisotopic (exact) mass is 832 g/mol. The second-order valence-corrected chi connectivity index (χ2v) is 19.1. The van der Waals surface area contributed by atoms with E-state index in [2.05, 4.69) is 211 Å². The topological polar surface area (TPSA) is 6.48 Å². The average Bonchev–Trinajstić information content (AvgIpc) is 3.76. The highest BCUT2D eigenvalue weighted by Gasteiger charge is 2.28. The highest BCUT2D eigenvalue weighted by molar-refractivity contribution is 8.00. The molecule has 298 valence electrons. The van der Waals surface area contributed by atoms with Crippen LogP contribution in [0.2, 0.25) is 0 Å². The number of rotatable bonds is 6. The van der Waals surface area contributed by atoms with E-state index in [4.69, 9.17) is 0 Å². The summed E-state index contributed by atoms with van der Waals surface area (Å²) in [6.45, 7) is 2.29. The van der Waals surface area contributed by atoms with Crippen molar-refractivity contribution in [1.82, 2.24) is 0 Å². The van der Waals surface area contributed by atoms with Crippen LogP contribution in [0.3, 0.4) is 0 Å². The zero-order valence-corrected chi connectivity index (χ0v) is 36.2. The molecule has 0 N–H and O–H groups in total. The van der Waals surface area contributed by atoms with Gasteiger partial charge in [0, 0.05) is 31.0 Å². The molecule has 0 amide bonds. The van der Waals surface area contributed by atoms with E-state index in [0.29, 0.717) is 5.92 Å². The molecular weight excluding hydrogens is 789 g/mol. The fourth-order valence-corrected chi connectivity index (χ4v) is 12.2. The molecule has 0 unspecified atom stereocenters. The fraction of sp³-hybridized carbons (Fsp3) is 0.103. The summed E-state index contributed by atoms with van der Waals surface area (Å²) in [6.07, 6.45) is 11.3. The van der Waals surface area contributed by atoms with E-state index >= 15 is 0 Å². The molecule has 0 radical (unpaired) electrons. The maximum atomic E-state index is 2.49. The van der Waals surface area contributed by atoms with Crippen molar-refractivity contribution in [3.63, 3.8) is 0 Å². The summed E-state index contributed by atoms with van der Waals surface area (Å²) in [5, 5.41) is 0. The SMILES string of the molecule is Cc1cc(N2c3ccccc3Sc3ccccc32)ccc1-c1ccc(/C=C/C2=Cc3ccc(N4c5ccccc5Sc5ccccc54)cc3CC2)cc1C1Cc2ccccc2C1. The van der Waals surface area contributed by atoms with Crippen LogP contribution in [0.5, 0.6) is 0 Å². The van der Waals surface area contributed by atoms with Gasteiger partial charge < -0.3 is 9.80 Å². The Bertz CT molecular complexity index is 3020. The van der Waals surface area contributed by atoms with Crippen LogP contribution in [-0.4, -0.2) is 0 Å². The highest BCUT2D eigenvalue weighted by Crippen LogP contribution is 2.53. The minimum absolute atomic E-state index is 0.431. The van der Waals surface area contributed by atoms with Crippen molar-refractivity contribution in [3.8, 4) is 11.1 Å². The maximum absolute atomic E-state index is 2.49. The quantitative estimate of drug-likeness (QED) is 0.165. The van der Waals surface area contributed by atoms with Crippen molar-refractivity contribution in [2.75, 3.05) is 9.80 Å². The van der Waals surface area contributed by atoms with E-state index in [1.54, 1.807) is 0 Å². The minimum atomic E-state index is 0.431. The summed E-state index contributed by atoms with van der Waals surface area (Å²) >= 11 is 3.72. The van der Waals surface area contributed by atoms with E-state index < -0.39 is 0 Å². The third kappa shape index (κ3) is 6.61. The second kappa shape index (κ2) is 15.5. The zero-order chi connectivity index (χ0) is 41.1. The number of hydrogen-bond acceptors (Lipinski definition) is 4. The largest absolute Gasteiger partial charge is 0.308 e. The van der Waals surface area contributed by atoms with Crippen LogP contribution < -0.4 is 9.80 Å². The number of para-hydroxylation sites is 4. The molecule has 8 aromatic rings. The van der Waals surface area contributed by atoms with Gasteiger partial charge in [-0.1, -0.05) is 145 Å². The Hall–Kier alpha value is -6.46. The molecule has 2 aliphatic heterocycles. The summed E-state index contributed by atoms with van der Waals surface area (Å²) in [4.78, 5) is 10.0. The summed E-state index contributed by atoms with van der Waals surface area (Å²) in [7, 11) is 0. The van der Waals surface area contributed by atoms with Gasteiger partial charge in [0.25, 0.3) is 0 Å². The first-order valence-corrected chi connectivity index (χ1v) is 23.4. The number of anilines is 6. The molecule has 2 heterocycles. The van der Waals surface area contributed by atoms with Crippen LogP contribution in [-0.2, 0) is 19.3 Å². The molecule has 8 aromatic carbocycles. The van der Waals surface area contributed by atoms with Crippen molar-refractivity contribution < 1.29 is 0 Å². The van der Waals surface area contributed by atoms with Crippen molar-refractivity contribution >= 4 is 69.8 Å². The van der Waals surface area contributed by atoms with Gasteiger partial charge in [0.05, 0.1) is 22.7 Å². The zero-order valence-electron chi connectivity index (χ0n) is 34.6. The first-order valence-electron chi connectivity index (χ1n) is 21.8. The summed E-state index contributed by atoms with van der Waals surface area (Å²) in [5.41, 5.74) is 21.1. The van der Waals surface area contributed by atoms with Crippen molar-refractivity contribution in [2.24, 2.45) is 0 Å². The van der Waals surface area contributed by atoms with Gasteiger partial charge in [-0.15, -0.1) is 0 Å². The standard InChI is InChI=1S/C58H44N2S2/c1-38-32-46(59-51-14-4-8-18-55(51)61-56-19-9-5-15-52(56)59)29-31-48(38)49-30-25-40(34-50(49)45-35-41-12-2-3-13-42(41)36-45)23-22-39-24-26-44-37-47(28-27-43(44)33-39)60-53-16-6-10-20-57(53)62-58-21-11-7-17-54(58)60/h2-23,25,27-34,37,45H,24,26,35-36H2,1H3/b23-22+. The number of aryl methyl sites for hydroxylation is 2. The molecule has 0 spiro atoms. The molecule has 2 aliphatic carbocycles. The van der Waals surface area contributed by atoms with Gasteiger partial charge in [-0.05, 0) is 167 Å². The predicted octanol–water partition coefficient (Wildman–Crippen LogP) is 16.5. The van der Waals surface area contributed by atoms with Gasteiger partial charge in [0.15, 0.2) is 0 Å². The lowest BCUT2D eigenvalue weighted by Gasteiger charge is -2.33. The van der Waals surface area contributed by atoms with Gasteiger partial charge in [-0.2, -0.15) is 0 Å². The molecule has 62 heavy (non-hydrogen) atoms. The molecule has 4 aliphatic rings. The Kier molecular flexibility index (Phi) is 9.31. The minimum Gasteiger partial charge on any atom is -0.308 e. The lowest BCUT2D eigenvalue weighted by Crippen LogP contribution is -2.15. The van der Waals surface area contributed by atoms with Crippen molar-refractivity contribution in [3.05, 3.63) is 227 Å². The van der Waals surface area contributed by atoms with Crippen LogP contribution in [0.1, 0.15) is 51.3 Å². The van der Waals surface area contributed by atoms with Crippen molar-refractivity contribution in [1.29, 1.82) is 0 Å². The molecule has 0 saturated carbocycles. The van der Waals surface area contributed by atoms with Crippen molar-refractivity contribution in [2.45, 2.75) is 58.1 Å². The summed E-state index contributed by atoms with van der Waals surface area (Å²) < 4.78 is 0. The van der Waals surface area contributed by atoms with Crippen LogP contribution in [0, 0.1) is 6.92 Å². The van der Waals surface area contributed by atoms with Gasteiger partial charge in [0.1, 0.15) is 0 Å². The van der Waals surface area contributed by atoms with Crippen LogP contribution in [0.4, 0.5) is 34.1 Å². The Balaban J connectivity index is 0.863. The van der Waals surface area contributed by atoms with Gasteiger partial charge in [-0.3, -0.25) is 0 Å². The van der Waals surface area contributed by atoms with E-state index in [1.807, 2.05) is 23.5 Å². The summed E-state index contributed by atoms with van der Waals surface area (Å²) in [6, 6.07) is 65.5. The molecule has 0 saturated heterocycles. The lowest BCUT2D eigenvalue weighted by molar-refractivity contribution is 0.743. The third-order valence-corrected chi connectivity index (χ3v) is 15.3. The number of fused-ring (bicyclic) bond motifs is 6. The number of allylic oxidation sites excluding steroid dienone is 2. The van der Waals surface area contributed by atoms with Crippen LogP contribution in [0.15, 0.2) is 207 Å². The van der Waals surface area contributed by atoms with E-state index in [1.165, 1.54) is 109 Å². The normalized spacial score (nSPS) is 15.0. The predicted molar refractivity (Wildman–Crippen MR) is 263 cm³/mol. The van der Waals surface area contributed by atoms with Gasteiger partial charge in [-0.25, -0.2) is 0 Å². The number of nitrogens with zero attached hydrogens (tertiary/aromatic N) is 2. The Morgan fingerprint density at radius 3 is 1.56 bits per heavy atom. The van der Waals surface area contributed by atoms with Crippen LogP contribution in [0.25, 0.3) is 23.3 Å².